The topological polar surface area (TPSA) is 100 Å². The third-order valence-corrected chi connectivity index (χ3v) is 4.78. The lowest BCUT2D eigenvalue weighted by atomic mass is 10.1. The number of hydrogen-bond acceptors (Lipinski definition) is 6. The van der Waals surface area contributed by atoms with Gasteiger partial charge in [-0.25, -0.2) is 15.4 Å². The third-order valence-electron chi connectivity index (χ3n) is 4.78. The summed E-state index contributed by atoms with van der Waals surface area (Å²) < 4.78 is 76.4. The number of nitrogens with zero attached hydrogens (tertiary/aromatic N) is 3. The number of hydrogen-bond donors (Lipinski definition) is 2. The summed E-state index contributed by atoms with van der Waals surface area (Å²) in [5.41, 5.74) is -1.21. The molecule has 0 saturated carbocycles. The number of amides is 1. The van der Waals surface area contributed by atoms with Crippen molar-refractivity contribution in [2.24, 2.45) is 0 Å². The second-order valence-electron chi connectivity index (χ2n) is 7.06. The van der Waals surface area contributed by atoms with E-state index < -0.39 is 41.0 Å². The van der Waals surface area contributed by atoms with Crippen LogP contribution in [0, 0.1) is 0 Å². The second kappa shape index (κ2) is 9.21. The highest BCUT2D eigenvalue weighted by Crippen LogP contribution is 2.29. The number of H-pyrrole nitrogens is 1. The Morgan fingerprint density at radius 2 is 1.85 bits per heavy atom. The van der Waals surface area contributed by atoms with Gasteiger partial charge in [0.25, 0.3) is 11.5 Å². The molecule has 0 saturated heterocycles. The molecule has 1 aliphatic rings. The average Bonchev–Trinajstić information content (AvgIpc) is 2.76. The van der Waals surface area contributed by atoms with Crippen molar-refractivity contribution in [3.63, 3.8) is 0 Å². The Morgan fingerprint density at radius 3 is 2.39 bits per heavy atom. The molecule has 3 heterocycles. The number of halogens is 6. The van der Waals surface area contributed by atoms with Crippen molar-refractivity contribution in [3.8, 4) is 0 Å². The quantitative estimate of drug-likeness (QED) is 0.507. The fourth-order valence-electron chi connectivity index (χ4n) is 2.91. The molecular formula is C19H17F6N5O3. The normalized spacial score (nSPS) is 15.7. The summed E-state index contributed by atoms with van der Waals surface area (Å²) >= 11 is 0. The molecule has 1 aliphatic heterocycles. The summed E-state index contributed by atoms with van der Waals surface area (Å²) in [5.74, 6) is -0.558. The van der Waals surface area contributed by atoms with Crippen LogP contribution in [-0.4, -0.2) is 33.9 Å². The standard InChI is InChI=1S/C19H17F6N5O3/c1-10(12-6-14(19(23,24)25)16(32)26-7-12)33-29-15(31)11-2-4-30(5-3-11)17-27-8-13(9-28-17)18(20,21)22/h2,6-10H,3-5H2,1H3,(H,26,32)(H,29,31)/t10-/m1/s1. The van der Waals surface area contributed by atoms with E-state index in [1.54, 1.807) is 4.90 Å². The van der Waals surface area contributed by atoms with E-state index >= 15 is 0 Å². The first-order valence-corrected chi connectivity index (χ1v) is 9.45. The fourth-order valence-corrected chi connectivity index (χ4v) is 2.91. The first-order valence-electron chi connectivity index (χ1n) is 9.45. The van der Waals surface area contributed by atoms with Gasteiger partial charge in [0, 0.05) is 42.8 Å². The molecule has 0 aromatic carbocycles. The minimum atomic E-state index is -4.85. The Morgan fingerprint density at radius 1 is 1.18 bits per heavy atom. The van der Waals surface area contributed by atoms with Crippen molar-refractivity contribution in [1.82, 2.24) is 20.4 Å². The fraction of sp³-hybridized carbons (Fsp3) is 0.368. The Balaban J connectivity index is 1.57. The maximum absolute atomic E-state index is 12.9. The molecule has 1 amide bonds. The van der Waals surface area contributed by atoms with Gasteiger partial charge in [-0.3, -0.25) is 14.4 Å². The van der Waals surface area contributed by atoms with Crippen LogP contribution in [-0.2, 0) is 22.0 Å². The maximum atomic E-state index is 12.9. The molecule has 0 fully saturated rings. The van der Waals surface area contributed by atoms with Crippen molar-refractivity contribution >= 4 is 11.9 Å². The van der Waals surface area contributed by atoms with E-state index in [1.165, 1.54) is 13.0 Å². The monoisotopic (exact) mass is 477 g/mol. The number of aromatic nitrogens is 3. The number of carbonyl (C=O) groups is 1. The largest absolute Gasteiger partial charge is 0.421 e. The summed E-state index contributed by atoms with van der Waals surface area (Å²) in [5, 5.41) is 0. The van der Waals surface area contributed by atoms with Gasteiger partial charge in [-0.05, 0) is 19.4 Å². The molecule has 1 atom stereocenters. The predicted molar refractivity (Wildman–Crippen MR) is 102 cm³/mol. The number of anilines is 1. The Labute approximate surface area is 182 Å². The number of pyridine rings is 1. The van der Waals surface area contributed by atoms with Gasteiger partial charge in [0.2, 0.25) is 5.95 Å². The Hall–Kier alpha value is -3.42. The lowest BCUT2D eigenvalue weighted by Crippen LogP contribution is -2.35. The molecule has 0 radical (unpaired) electrons. The smallest absolute Gasteiger partial charge is 0.337 e. The van der Waals surface area contributed by atoms with Gasteiger partial charge in [-0.1, -0.05) is 6.08 Å². The number of carbonyl (C=O) groups excluding carboxylic acids is 1. The predicted octanol–water partition coefficient (Wildman–Crippen LogP) is 3.15. The summed E-state index contributed by atoms with van der Waals surface area (Å²) in [6.07, 6.45) is -6.30. The van der Waals surface area contributed by atoms with E-state index in [4.69, 9.17) is 4.84 Å². The van der Waals surface area contributed by atoms with Crippen LogP contribution in [0.25, 0.3) is 0 Å². The lowest BCUT2D eigenvalue weighted by molar-refractivity contribution is -0.139. The van der Waals surface area contributed by atoms with Crippen molar-refractivity contribution in [2.45, 2.75) is 31.8 Å². The third kappa shape index (κ3) is 5.88. The molecule has 33 heavy (non-hydrogen) atoms. The van der Waals surface area contributed by atoms with Gasteiger partial charge in [0.05, 0.1) is 5.56 Å². The van der Waals surface area contributed by atoms with Crippen LogP contribution in [0.3, 0.4) is 0 Å². The molecular weight excluding hydrogens is 460 g/mol. The zero-order chi connectivity index (χ0) is 24.4. The van der Waals surface area contributed by atoms with Crippen molar-refractivity contribution < 1.29 is 36.0 Å². The molecule has 3 rings (SSSR count). The maximum Gasteiger partial charge on any atom is 0.421 e. The highest BCUT2D eigenvalue weighted by molar-refractivity contribution is 5.93. The lowest BCUT2D eigenvalue weighted by Gasteiger charge is -2.26. The highest BCUT2D eigenvalue weighted by atomic mass is 19.4. The molecule has 14 heteroatoms. The van der Waals surface area contributed by atoms with E-state index in [2.05, 4.69) is 15.4 Å². The molecule has 0 bridgehead atoms. The van der Waals surface area contributed by atoms with Crippen LogP contribution in [0.15, 0.2) is 41.1 Å². The summed E-state index contributed by atoms with van der Waals surface area (Å²) in [6, 6.07) is 0.636. The van der Waals surface area contributed by atoms with E-state index in [1.807, 2.05) is 4.98 Å². The number of aromatic amines is 1. The van der Waals surface area contributed by atoms with E-state index in [-0.39, 0.29) is 31.0 Å². The molecule has 8 nitrogen and oxygen atoms in total. The molecule has 2 N–H and O–H groups in total. The summed E-state index contributed by atoms with van der Waals surface area (Å²) in [7, 11) is 0. The van der Waals surface area contributed by atoms with Crippen LogP contribution < -0.4 is 15.9 Å². The van der Waals surface area contributed by atoms with E-state index in [0.717, 1.165) is 6.20 Å². The molecule has 0 unspecified atom stereocenters. The summed E-state index contributed by atoms with van der Waals surface area (Å²) in [4.78, 5) is 39.7. The Kier molecular flexibility index (Phi) is 6.76. The SMILES string of the molecule is C[C@@H](ONC(=O)C1=CCN(c2ncc(C(F)(F)F)cn2)CC1)c1c[nH]c(=O)c(C(F)(F)F)c1. The molecule has 0 spiro atoms. The Bertz CT molecular complexity index is 1090. The van der Waals surface area contributed by atoms with Gasteiger partial charge in [0.1, 0.15) is 11.7 Å². The van der Waals surface area contributed by atoms with Crippen LogP contribution in [0.1, 0.15) is 36.1 Å². The molecule has 2 aromatic rings. The van der Waals surface area contributed by atoms with Crippen LogP contribution in [0.5, 0.6) is 0 Å². The number of hydroxylamine groups is 1. The van der Waals surface area contributed by atoms with Gasteiger partial charge in [-0.2, -0.15) is 26.3 Å². The number of alkyl halides is 6. The molecule has 2 aromatic heterocycles. The number of nitrogens with one attached hydrogen (secondary N) is 2. The van der Waals surface area contributed by atoms with Gasteiger partial charge in [0.15, 0.2) is 0 Å². The van der Waals surface area contributed by atoms with Crippen molar-refractivity contribution in [3.05, 3.63) is 63.4 Å². The highest BCUT2D eigenvalue weighted by Gasteiger charge is 2.35. The zero-order valence-electron chi connectivity index (χ0n) is 16.9. The second-order valence-corrected chi connectivity index (χ2v) is 7.06. The molecule has 178 valence electrons. The first kappa shape index (κ1) is 24.2. The molecule has 0 aliphatic carbocycles. The van der Waals surface area contributed by atoms with Gasteiger partial charge < -0.3 is 9.88 Å². The van der Waals surface area contributed by atoms with E-state index in [9.17, 15) is 35.9 Å². The zero-order valence-corrected chi connectivity index (χ0v) is 16.9. The van der Waals surface area contributed by atoms with Crippen LogP contribution in [0.2, 0.25) is 0 Å². The van der Waals surface area contributed by atoms with Crippen LogP contribution >= 0.6 is 0 Å². The van der Waals surface area contributed by atoms with Crippen molar-refractivity contribution in [2.75, 3.05) is 18.0 Å². The van der Waals surface area contributed by atoms with E-state index in [0.29, 0.717) is 24.0 Å². The van der Waals surface area contributed by atoms with Gasteiger partial charge >= 0.3 is 12.4 Å². The first-order chi connectivity index (χ1) is 15.4. The minimum absolute atomic E-state index is 0.00882. The minimum Gasteiger partial charge on any atom is -0.337 e. The summed E-state index contributed by atoms with van der Waals surface area (Å²) in [6.45, 7) is 1.78. The number of rotatable bonds is 5. The van der Waals surface area contributed by atoms with Gasteiger partial charge in [-0.15, -0.1) is 0 Å². The average molecular weight is 477 g/mol. The van der Waals surface area contributed by atoms with Crippen molar-refractivity contribution in [1.29, 1.82) is 0 Å². The van der Waals surface area contributed by atoms with Crippen LogP contribution in [0.4, 0.5) is 32.3 Å².